The summed E-state index contributed by atoms with van der Waals surface area (Å²) in [6, 6.07) is 6.55. The lowest BCUT2D eigenvalue weighted by Gasteiger charge is -2.18. The summed E-state index contributed by atoms with van der Waals surface area (Å²) in [6.45, 7) is 1.66. The largest absolute Gasteiger partial charge is 0.347 e. The summed E-state index contributed by atoms with van der Waals surface area (Å²) in [5.74, 6) is -0.398. The van der Waals surface area contributed by atoms with E-state index in [0.29, 0.717) is 10.0 Å². The van der Waals surface area contributed by atoms with Crippen molar-refractivity contribution in [2.45, 2.75) is 13.0 Å². The number of hydrogen-bond acceptors (Lipinski definition) is 2. The van der Waals surface area contributed by atoms with Crippen LogP contribution in [0, 0.1) is 0 Å². The molecule has 92 valence electrons. The molecule has 0 aliphatic carbocycles. The molecule has 17 heavy (non-hydrogen) atoms. The molecule has 1 aromatic carbocycles. The third-order valence-electron chi connectivity index (χ3n) is 2.28. The zero-order valence-corrected chi connectivity index (χ0v) is 11.6. The normalized spacial score (nSPS) is 11.8. The first-order chi connectivity index (χ1) is 7.93. The van der Waals surface area contributed by atoms with E-state index in [9.17, 15) is 9.59 Å². The van der Waals surface area contributed by atoms with Crippen LogP contribution in [0.5, 0.6) is 0 Å². The molecule has 0 bridgehead atoms. The average molecular weight is 299 g/mol. The van der Waals surface area contributed by atoms with E-state index < -0.39 is 6.04 Å². The van der Waals surface area contributed by atoms with Gasteiger partial charge in [0.2, 0.25) is 5.91 Å². The van der Waals surface area contributed by atoms with E-state index in [2.05, 4.69) is 21.2 Å². The molecule has 0 spiro atoms. The Morgan fingerprint density at radius 2 is 1.88 bits per heavy atom. The fourth-order valence-corrected chi connectivity index (χ4v) is 1.83. The van der Waals surface area contributed by atoms with Crippen LogP contribution in [0.25, 0.3) is 0 Å². The quantitative estimate of drug-likeness (QED) is 0.922. The molecule has 1 aromatic rings. The Bertz CT molecular complexity index is 432. The summed E-state index contributed by atoms with van der Waals surface area (Å²) in [6.07, 6.45) is 0. The maximum Gasteiger partial charge on any atom is 0.253 e. The molecule has 0 fully saturated rings. The van der Waals surface area contributed by atoms with E-state index >= 15 is 0 Å². The van der Waals surface area contributed by atoms with Gasteiger partial charge in [0.05, 0.1) is 5.56 Å². The Kier molecular flexibility index (Phi) is 4.69. The highest BCUT2D eigenvalue weighted by Crippen LogP contribution is 2.15. The Morgan fingerprint density at radius 3 is 2.41 bits per heavy atom. The minimum absolute atomic E-state index is 0.134. The Hall–Kier alpha value is -1.36. The molecule has 0 radical (unpaired) electrons. The van der Waals surface area contributed by atoms with Gasteiger partial charge in [0.25, 0.3) is 5.91 Å². The molecule has 4 nitrogen and oxygen atoms in total. The predicted molar refractivity (Wildman–Crippen MR) is 69.8 cm³/mol. The molecule has 0 aliphatic heterocycles. The van der Waals surface area contributed by atoms with Crippen molar-refractivity contribution in [3.05, 3.63) is 34.3 Å². The molecule has 0 heterocycles. The first-order valence-corrected chi connectivity index (χ1v) is 5.99. The smallest absolute Gasteiger partial charge is 0.253 e. The van der Waals surface area contributed by atoms with Crippen LogP contribution >= 0.6 is 15.9 Å². The van der Waals surface area contributed by atoms with Crippen molar-refractivity contribution in [3.63, 3.8) is 0 Å². The van der Waals surface area contributed by atoms with E-state index in [4.69, 9.17) is 0 Å². The fourth-order valence-electron chi connectivity index (χ4n) is 1.37. The van der Waals surface area contributed by atoms with Crippen LogP contribution in [0.2, 0.25) is 0 Å². The van der Waals surface area contributed by atoms with E-state index in [1.54, 1.807) is 39.2 Å². The van der Waals surface area contributed by atoms with Crippen LogP contribution in [0.1, 0.15) is 17.3 Å². The van der Waals surface area contributed by atoms with Gasteiger partial charge in [-0.3, -0.25) is 9.59 Å². The summed E-state index contributed by atoms with van der Waals surface area (Å²) in [7, 11) is 3.31. The van der Waals surface area contributed by atoms with Crippen molar-refractivity contribution in [3.8, 4) is 0 Å². The Balaban J connectivity index is 2.74. The third kappa shape index (κ3) is 3.56. The monoisotopic (exact) mass is 298 g/mol. The van der Waals surface area contributed by atoms with Gasteiger partial charge in [0, 0.05) is 18.6 Å². The molecule has 0 aliphatic rings. The van der Waals surface area contributed by atoms with Gasteiger partial charge >= 0.3 is 0 Å². The molecule has 1 N–H and O–H groups in total. The number of rotatable bonds is 3. The number of nitrogens with one attached hydrogen (secondary N) is 1. The molecule has 0 aromatic heterocycles. The zero-order chi connectivity index (χ0) is 13.0. The lowest BCUT2D eigenvalue weighted by Crippen LogP contribution is -2.44. The molecule has 1 atom stereocenters. The van der Waals surface area contributed by atoms with Crippen LogP contribution in [0.3, 0.4) is 0 Å². The van der Waals surface area contributed by atoms with Gasteiger partial charge in [-0.1, -0.05) is 12.1 Å². The number of nitrogens with zero attached hydrogens (tertiary/aromatic N) is 1. The van der Waals surface area contributed by atoms with Crippen LogP contribution in [0.15, 0.2) is 28.7 Å². The van der Waals surface area contributed by atoms with Crippen LogP contribution < -0.4 is 5.32 Å². The lowest BCUT2D eigenvalue weighted by atomic mass is 10.2. The van der Waals surface area contributed by atoms with E-state index in [1.807, 2.05) is 6.07 Å². The van der Waals surface area contributed by atoms with Crippen molar-refractivity contribution in [2.24, 2.45) is 0 Å². The summed E-state index contributed by atoms with van der Waals surface area (Å²) in [5, 5.41) is 2.66. The van der Waals surface area contributed by atoms with Gasteiger partial charge in [-0.05, 0) is 35.0 Å². The number of carbonyl (C=O) groups is 2. The Morgan fingerprint density at radius 1 is 1.29 bits per heavy atom. The van der Waals surface area contributed by atoms with Gasteiger partial charge in [-0.25, -0.2) is 0 Å². The van der Waals surface area contributed by atoms with Gasteiger partial charge < -0.3 is 10.2 Å². The maximum absolute atomic E-state index is 11.9. The summed E-state index contributed by atoms with van der Waals surface area (Å²) in [5.41, 5.74) is 0.519. The van der Waals surface area contributed by atoms with Crippen molar-refractivity contribution < 1.29 is 9.59 Å². The predicted octanol–water partition coefficient (Wildman–Crippen LogP) is 1.66. The highest BCUT2D eigenvalue weighted by Gasteiger charge is 2.18. The number of benzene rings is 1. The molecular formula is C12H15BrN2O2. The van der Waals surface area contributed by atoms with Crippen molar-refractivity contribution in [1.29, 1.82) is 0 Å². The molecule has 0 saturated carbocycles. The molecule has 0 saturated heterocycles. The highest BCUT2D eigenvalue weighted by atomic mass is 79.9. The molecular weight excluding hydrogens is 284 g/mol. The second kappa shape index (κ2) is 5.82. The molecule has 2 amide bonds. The number of carbonyl (C=O) groups excluding carboxylic acids is 2. The van der Waals surface area contributed by atoms with Crippen LogP contribution in [0.4, 0.5) is 0 Å². The van der Waals surface area contributed by atoms with Crippen molar-refractivity contribution in [1.82, 2.24) is 10.2 Å². The average Bonchev–Trinajstić information content (AvgIpc) is 2.28. The summed E-state index contributed by atoms with van der Waals surface area (Å²) in [4.78, 5) is 24.9. The van der Waals surface area contributed by atoms with Gasteiger partial charge in [-0.15, -0.1) is 0 Å². The number of halogens is 1. The minimum Gasteiger partial charge on any atom is -0.347 e. The SMILES string of the molecule is CC(NC(=O)c1ccccc1Br)C(=O)N(C)C. The maximum atomic E-state index is 11.9. The van der Waals surface area contributed by atoms with Crippen LogP contribution in [-0.2, 0) is 4.79 Å². The zero-order valence-electron chi connectivity index (χ0n) is 10.0. The fraction of sp³-hybridized carbons (Fsp3) is 0.333. The lowest BCUT2D eigenvalue weighted by molar-refractivity contribution is -0.130. The van der Waals surface area contributed by atoms with Crippen molar-refractivity contribution in [2.75, 3.05) is 14.1 Å². The summed E-state index contributed by atoms with van der Waals surface area (Å²) >= 11 is 3.30. The van der Waals surface area contributed by atoms with E-state index in [1.165, 1.54) is 4.90 Å². The highest BCUT2D eigenvalue weighted by molar-refractivity contribution is 9.10. The second-order valence-corrected chi connectivity index (χ2v) is 4.76. The second-order valence-electron chi connectivity index (χ2n) is 3.91. The van der Waals surface area contributed by atoms with Crippen molar-refractivity contribution >= 4 is 27.7 Å². The first kappa shape index (κ1) is 13.7. The number of hydrogen-bond donors (Lipinski definition) is 1. The third-order valence-corrected chi connectivity index (χ3v) is 2.97. The number of likely N-dealkylation sites (N-methyl/N-ethyl adjacent to an activating group) is 1. The topological polar surface area (TPSA) is 49.4 Å². The van der Waals surface area contributed by atoms with Gasteiger partial charge in [-0.2, -0.15) is 0 Å². The molecule has 5 heteroatoms. The molecule has 1 unspecified atom stereocenters. The van der Waals surface area contributed by atoms with E-state index in [-0.39, 0.29) is 11.8 Å². The molecule has 1 rings (SSSR count). The van der Waals surface area contributed by atoms with Gasteiger partial charge in [0.15, 0.2) is 0 Å². The minimum atomic E-state index is -0.537. The standard InChI is InChI=1S/C12H15BrN2O2/c1-8(12(17)15(2)3)14-11(16)9-6-4-5-7-10(9)13/h4-8H,1-3H3,(H,14,16). The summed E-state index contributed by atoms with van der Waals surface area (Å²) < 4.78 is 0.710. The van der Waals surface area contributed by atoms with E-state index in [0.717, 1.165) is 0 Å². The Labute approximate surface area is 109 Å². The number of amides is 2. The van der Waals surface area contributed by atoms with Gasteiger partial charge in [0.1, 0.15) is 6.04 Å². The van der Waals surface area contributed by atoms with Crippen LogP contribution in [-0.4, -0.2) is 36.9 Å². The first-order valence-electron chi connectivity index (χ1n) is 5.20.